The number of ether oxygens (including phenoxy) is 1. The van der Waals surface area contributed by atoms with Crippen molar-refractivity contribution in [2.75, 3.05) is 0 Å². The van der Waals surface area contributed by atoms with Gasteiger partial charge in [0.15, 0.2) is 12.4 Å². The van der Waals surface area contributed by atoms with Gasteiger partial charge in [0.05, 0.1) is 11.9 Å². The van der Waals surface area contributed by atoms with E-state index in [0.717, 1.165) is 11.4 Å². The fourth-order valence-corrected chi connectivity index (χ4v) is 2.19. The van der Waals surface area contributed by atoms with Crippen LogP contribution in [0.25, 0.3) is 11.3 Å². The molecule has 1 aromatic carbocycles. The molecule has 0 saturated heterocycles. The highest BCUT2D eigenvalue weighted by molar-refractivity contribution is 6.30. The van der Waals surface area contributed by atoms with Crippen LogP contribution in [0.2, 0.25) is 5.02 Å². The summed E-state index contributed by atoms with van der Waals surface area (Å²) in [6.45, 7) is 1.87. The van der Waals surface area contributed by atoms with E-state index in [9.17, 15) is 4.79 Å². The lowest BCUT2D eigenvalue weighted by Crippen LogP contribution is -2.09. The van der Waals surface area contributed by atoms with E-state index in [-0.39, 0.29) is 6.61 Å². The molecular formula is C15H14ClN5O2. The summed E-state index contributed by atoms with van der Waals surface area (Å²) in [6.07, 6.45) is 1.44. The number of aryl methyl sites for hydroxylation is 1. The monoisotopic (exact) mass is 331 g/mol. The van der Waals surface area contributed by atoms with Crippen LogP contribution in [-0.2, 0) is 18.4 Å². The molecule has 0 unspecified atom stereocenters. The van der Waals surface area contributed by atoms with Crippen molar-refractivity contribution in [2.45, 2.75) is 13.5 Å². The van der Waals surface area contributed by atoms with Crippen LogP contribution in [-0.4, -0.2) is 30.9 Å². The molecule has 3 aromatic rings. The van der Waals surface area contributed by atoms with Crippen LogP contribution in [0.5, 0.6) is 0 Å². The summed E-state index contributed by atoms with van der Waals surface area (Å²) in [5, 5.41) is 15.2. The summed E-state index contributed by atoms with van der Waals surface area (Å²) in [4.78, 5) is 12.3. The van der Waals surface area contributed by atoms with Gasteiger partial charge in [-0.25, -0.2) is 4.79 Å². The van der Waals surface area contributed by atoms with E-state index in [1.54, 1.807) is 28.8 Å². The Balaban J connectivity index is 1.77. The molecule has 0 aliphatic heterocycles. The van der Waals surface area contributed by atoms with Gasteiger partial charge in [-0.3, -0.25) is 5.10 Å². The third kappa shape index (κ3) is 3.09. The molecule has 2 aromatic heterocycles. The van der Waals surface area contributed by atoms with E-state index in [1.807, 2.05) is 14.0 Å². The maximum atomic E-state index is 12.3. The predicted molar refractivity (Wildman–Crippen MR) is 83.9 cm³/mol. The first kappa shape index (κ1) is 15.2. The number of aromatic amines is 1. The number of hydrogen-bond acceptors (Lipinski definition) is 5. The lowest BCUT2D eigenvalue weighted by atomic mass is 10.1. The molecule has 0 atom stereocenters. The van der Waals surface area contributed by atoms with Crippen molar-refractivity contribution < 1.29 is 9.53 Å². The first-order valence-corrected chi connectivity index (χ1v) is 7.25. The molecule has 7 nitrogen and oxygen atoms in total. The number of nitrogens with one attached hydrogen (secondary N) is 1. The summed E-state index contributed by atoms with van der Waals surface area (Å²) in [7, 11) is 1.81. The van der Waals surface area contributed by atoms with Crippen molar-refractivity contribution in [2.24, 2.45) is 7.05 Å². The number of benzene rings is 1. The Labute approximate surface area is 137 Å². The van der Waals surface area contributed by atoms with Crippen LogP contribution in [0.1, 0.15) is 22.0 Å². The van der Waals surface area contributed by atoms with Crippen LogP contribution in [0, 0.1) is 6.92 Å². The predicted octanol–water partition coefficient (Wildman–Crippen LogP) is 2.52. The summed E-state index contributed by atoms with van der Waals surface area (Å²) < 4.78 is 7.07. The SMILES string of the molecule is Cc1nnc(COC(=O)c2cn[nH]c2-c2ccc(Cl)cc2)n1C. The number of aromatic nitrogens is 5. The quantitative estimate of drug-likeness (QED) is 0.742. The Hall–Kier alpha value is -2.67. The summed E-state index contributed by atoms with van der Waals surface area (Å²) in [5.41, 5.74) is 1.74. The summed E-state index contributed by atoms with van der Waals surface area (Å²) >= 11 is 5.88. The van der Waals surface area contributed by atoms with Gasteiger partial charge in [0.25, 0.3) is 0 Å². The standard InChI is InChI=1S/C15H14ClN5O2/c1-9-18-19-13(21(9)2)8-23-15(22)12-7-17-20-14(12)10-3-5-11(16)6-4-10/h3-7H,8H2,1-2H3,(H,17,20). The van der Waals surface area contributed by atoms with E-state index in [2.05, 4.69) is 20.4 Å². The Kier molecular flexibility index (Phi) is 4.12. The minimum atomic E-state index is -0.482. The molecule has 1 N–H and O–H groups in total. The molecular weight excluding hydrogens is 318 g/mol. The van der Waals surface area contributed by atoms with Crippen LogP contribution in [0.3, 0.4) is 0 Å². The number of halogens is 1. The molecule has 0 saturated carbocycles. The minimum absolute atomic E-state index is 0.0431. The third-order valence-electron chi connectivity index (χ3n) is 3.51. The largest absolute Gasteiger partial charge is 0.454 e. The molecule has 0 radical (unpaired) electrons. The second-order valence-corrected chi connectivity index (χ2v) is 5.40. The van der Waals surface area contributed by atoms with Gasteiger partial charge < -0.3 is 9.30 Å². The van der Waals surface area contributed by atoms with Gasteiger partial charge in [0.1, 0.15) is 11.4 Å². The zero-order chi connectivity index (χ0) is 16.4. The molecule has 0 aliphatic carbocycles. The smallest absolute Gasteiger partial charge is 0.342 e. The summed E-state index contributed by atoms with van der Waals surface area (Å²) in [5.74, 6) is 0.845. The lowest BCUT2D eigenvalue weighted by molar-refractivity contribution is 0.0459. The van der Waals surface area contributed by atoms with Gasteiger partial charge in [-0.15, -0.1) is 10.2 Å². The number of nitrogens with zero attached hydrogens (tertiary/aromatic N) is 4. The fourth-order valence-electron chi connectivity index (χ4n) is 2.06. The van der Waals surface area contributed by atoms with E-state index in [0.29, 0.717) is 22.1 Å². The average Bonchev–Trinajstić information content (AvgIpc) is 3.15. The average molecular weight is 332 g/mol. The fraction of sp³-hybridized carbons (Fsp3) is 0.200. The first-order chi connectivity index (χ1) is 11.1. The molecule has 23 heavy (non-hydrogen) atoms. The van der Waals surface area contributed by atoms with Gasteiger partial charge in [-0.1, -0.05) is 23.7 Å². The third-order valence-corrected chi connectivity index (χ3v) is 3.76. The van der Waals surface area contributed by atoms with Gasteiger partial charge in [-0.05, 0) is 19.1 Å². The highest BCUT2D eigenvalue weighted by atomic mass is 35.5. The zero-order valence-corrected chi connectivity index (χ0v) is 13.3. The first-order valence-electron chi connectivity index (χ1n) is 6.87. The maximum Gasteiger partial charge on any atom is 0.342 e. The van der Waals surface area contributed by atoms with Gasteiger partial charge in [-0.2, -0.15) is 5.10 Å². The zero-order valence-electron chi connectivity index (χ0n) is 12.6. The molecule has 0 bridgehead atoms. The van der Waals surface area contributed by atoms with E-state index in [1.165, 1.54) is 6.20 Å². The Morgan fingerprint density at radius 3 is 2.70 bits per heavy atom. The normalized spacial score (nSPS) is 10.7. The van der Waals surface area contributed by atoms with E-state index in [4.69, 9.17) is 16.3 Å². The number of esters is 1. The second-order valence-electron chi connectivity index (χ2n) is 4.96. The number of hydrogen-bond donors (Lipinski definition) is 1. The van der Waals surface area contributed by atoms with Crippen LogP contribution in [0.15, 0.2) is 30.5 Å². The highest BCUT2D eigenvalue weighted by Crippen LogP contribution is 2.23. The molecule has 8 heteroatoms. The molecule has 0 fully saturated rings. The van der Waals surface area contributed by atoms with Gasteiger partial charge >= 0.3 is 5.97 Å². The Morgan fingerprint density at radius 2 is 2.04 bits per heavy atom. The molecule has 0 amide bonds. The van der Waals surface area contributed by atoms with Crippen molar-refractivity contribution in [3.05, 3.63) is 52.7 Å². The maximum absolute atomic E-state index is 12.3. The number of rotatable bonds is 4. The highest BCUT2D eigenvalue weighted by Gasteiger charge is 2.18. The van der Waals surface area contributed by atoms with Crippen LogP contribution >= 0.6 is 11.6 Å². The van der Waals surface area contributed by atoms with Crippen molar-refractivity contribution >= 4 is 17.6 Å². The minimum Gasteiger partial charge on any atom is -0.454 e. The number of carbonyl (C=O) groups is 1. The van der Waals surface area contributed by atoms with Crippen LogP contribution < -0.4 is 0 Å². The van der Waals surface area contributed by atoms with Crippen molar-refractivity contribution in [3.8, 4) is 11.3 Å². The van der Waals surface area contributed by atoms with Gasteiger partial charge in [0.2, 0.25) is 0 Å². The van der Waals surface area contributed by atoms with Crippen LogP contribution in [0.4, 0.5) is 0 Å². The lowest BCUT2D eigenvalue weighted by Gasteiger charge is -2.05. The van der Waals surface area contributed by atoms with Crippen molar-refractivity contribution in [1.29, 1.82) is 0 Å². The van der Waals surface area contributed by atoms with E-state index >= 15 is 0 Å². The second kappa shape index (κ2) is 6.21. The molecule has 2 heterocycles. The molecule has 0 aliphatic rings. The molecule has 0 spiro atoms. The molecule has 3 rings (SSSR count). The van der Waals surface area contributed by atoms with Crippen molar-refractivity contribution in [3.63, 3.8) is 0 Å². The Bertz CT molecular complexity index is 838. The van der Waals surface area contributed by atoms with Crippen molar-refractivity contribution in [1.82, 2.24) is 25.0 Å². The summed E-state index contributed by atoms with van der Waals surface area (Å²) in [6, 6.07) is 7.10. The Morgan fingerprint density at radius 1 is 1.30 bits per heavy atom. The molecule has 118 valence electrons. The number of carbonyl (C=O) groups excluding carboxylic acids is 1. The van der Waals surface area contributed by atoms with E-state index < -0.39 is 5.97 Å². The number of H-pyrrole nitrogens is 1. The van der Waals surface area contributed by atoms with Gasteiger partial charge in [0, 0.05) is 17.6 Å². The topological polar surface area (TPSA) is 85.7 Å².